The molecule has 0 saturated carbocycles. The summed E-state index contributed by atoms with van der Waals surface area (Å²) in [4.78, 5) is 38.8. The minimum Gasteiger partial charge on any atom is -0.457 e. The number of aromatic nitrogens is 1. The van der Waals surface area contributed by atoms with Gasteiger partial charge in [-0.2, -0.15) is 0 Å². The second-order valence-corrected chi connectivity index (χ2v) is 6.64. The standard InChI is InChI=1S/C20H17N3O5S/c1-13(24)21-20-23-17(12-29-20)19(26)27-11-18(25)22-14-7-9-16(10-8-14)28-15-5-3-2-4-6-15/h2-10,12H,11H2,1H3,(H,22,25)(H,21,23,24). The summed E-state index contributed by atoms with van der Waals surface area (Å²) in [7, 11) is 0. The molecule has 8 nitrogen and oxygen atoms in total. The number of hydrogen-bond acceptors (Lipinski definition) is 7. The van der Waals surface area contributed by atoms with Gasteiger partial charge >= 0.3 is 5.97 Å². The molecule has 3 aromatic rings. The van der Waals surface area contributed by atoms with Crippen LogP contribution in [0, 0.1) is 0 Å². The van der Waals surface area contributed by atoms with Crippen LogP contribution in [0.3, 0.4) is 0 Å². The predicted molar refractivity (Wildman–Crippen MR) is 108 cm³/mol. The Bertz CT molecular complexity index is 1000. The fraction of sp³-hybridized carbons (Fsp3) is 0.100. The topological polar surface area (TPSA) is 107 Å². The van der Waals surface area contributed by atoms with Gasteiger partial charge in [0.1, 0.15) is 11.5 Å². The summed E-state index contributed by atoms with van der Waals surface area (Å²) in [6.45, 7) is 0.873. The number of esters is 1. The molecular weight excluding hydrogens is 394 g/mol. The van der Waals surface area contributed by atoms with E-state index < -0.39 is 18.5 Å². The van der Waals surface area contributed by atoms with Gasteiger partial charge in [0.2, 0.25) is 5.91 Å². The predicted octanol–water partition coefficient (Wildman–Crippen LogP) is 3.69. The maximum absolute atomic E-state index is 12.0. The minimum atomic E-state index is -0.750. The van der Waals surface area contributed by atoms with E-state index in [9.17, 15) is 14.4 Å². The fourth-order valence-electron chi connectivity index (χ4n) is 2.21. The zero-order chi connectivity index (χ0) is 20.6. The number of ether oxygens (including phenoxy) is 2. The monoisotopic (exact) mass is 411 g/mol. The Kier molecular flexibility index (Phi) is 6.54. The summed E-state index contributed by atoms with van der Waals surface area (Å²) in [6.07, 6.45) is 0. The minimum absolute atomic E-state index is 0.0222. The SMILES string of the molecule is CC(=O)Nc1nc(C(=O)OCC(=O)Nc2ccc(Oc3ccccc3)cc2)cs1. The van der Waals surface area contributed by atoms with E-state index in [0.29, 0.717) is 17.2 Å². The molecule has 2 amide bonds. The molecule has 0 radical (unpaired) electrons. The summed E-state index contributed by atoms with van der Waals surface area (Å²) >= 11 is 1.09. The number of benzene rings is 2. The van der Waals surface area contributed by atoms with Gasteiger partial charge in [0.15, 0.2) is 17.4 Å². The number of anilines is 2. The molecule has 9 heteroatoms. The molecule has 2 N–H and O–H groups in total. The Balaban J connectivity index is 1.47. The second kappa shape index (κ2) is 9.47. The highest BCUT2D eigenvalue weighted by Crippen LogP contribution is 2.22. The second-order valence-electron chi connectivity index (χ2n) is 5.78. The van der Waals surface area contributed by atoms with Crippen LogP contribution in [-0.2, 0) is 14.3 Å². The largest absolute Gasteiger partial charge is 0.457 e. The molecular formula is C20H17N3O5S. The number of hydrogen-bond donors (Lipinski definition) is 2. The first-order valence-electron chi connectivity index (χ1n) is 8.52. The molecule has 0 aliphatic rings. The van der Waals surface area contributed by atoms with E-state index in [-0.39, 0.29) is 16.7 Å². The molecule has 0 aliphatic carbocycles. The van der Waals surface area contributed by atoms with Crippen LogP contribution >= 0.6 is 11.3 Å². The molecule has 1 aromatic heterocycles. The summed E-state index contributed by atoms with van der Waals surface area (Å²) in [5.74, 6) is -0.204. The normalized spacial score (nSPS) is 10.1. The van der Waals surface area contributed by atoms with Crippen molar-refractivity contribution in [3.05, 3.63) is 65.7 Å². The molecule has 0 fully saturated rings. The van der Waals surface area contributed by atoms with Crippen molar-refractivity contribution in [3.63, 3.8) is 0 Å². The van der Waals surface area contributed by atoms with Crippen molar-refractivity contribution < 1.29 is 23.9 Å². The van der Waals surface area contributed by atoms with Gasteiger partial charge in [0.25, 0.3) is 5.91 Å². The number of amides is 2. The van der Waals surface area contributed by atoms with E-state index in [4.69, 9.17) is 9.47 Å². The Morgan fingerprint density at radius 1 is 0.966 bits per heavy atom. The fourth-order valence-corrected chi connectivity index (χ4v) is 2.93. The lowest BCUT2D eigenvalue weighted by Gasteiger charge is -2.08. The van der Waals surface area contributed by atoms with Crippen molar-refractivity contribution in [2.45, 2.75) is 6.92 Å². The third-order valence-corrected chi connectivity index (χ3v) is 4.21. The van der Waals surface area contributed by atoms with Crippen LogP contribution in [0.5, 0.6) is 11.5 Å². The third-order valence-electron chi connectivity index (χ3n) is 3.45. The molecule has 148 valence electrons. The summed E-state index contributed by atoms with van der Waals surface area (Å²) in [5, 5.41) is 6.82. The average molecular weight is 411 g/mol. The smallest absolute Gasteiger partial charge is 0.358 e. The molecule has 2 aromatic carbocycles. The Morgan fingerprint density at radius 3 is 2.34 bits per heavy atom. The third kappa shape index (κ3) is 6.15. The van der Waals surface area contributed by atoms with Crippen molar-refractivity contribution in [2.24, 2.45) is 0 Å². The number of carbonyl (C=O) groups is 3. The van der Waals surface area contributed by atoms with Gasteiger partial charge in [-0.15, -0.1) is 11.3 Å². The number of carbonyl (C=O) groups excluding carboxylic acids is 3. The number of para-hydroxylation sites is 1. The zero-order valence-corrected chi connectivity index (χ0v) is 16.2. The lowest BCUT2D eigenvalue weighted by atomic mass is 10.3. The molecule has 0 aliphatic heterocycles. The summed E-state index contributed by atoms with van der Waals surface area (Å²) in [5.41, 5.74) is 0.557. The van der Waals surface area contributed by atoms with Gasteiger partial charge < -0.3 is 20.1 Å². The van der Waals surface area contributed by atoms with Gasteiger partial charge in [0.05, 0.1) is 0 Å². The van der Waals surface area contributed by atoms with Crippen molar-refractivity contribution in [1.29, 1.82) is 0 Å². The number of rotatable bonds is 7. The first-order chi connectivity index (χ1) is 14.0. The molecule has 29 heavy (non-hydrogen) atoms. The van der Waals surface area contributed by atoms with E-state index in [0.717, 1.165) is 11.3 Å². The quantitative estimate of drug-likeness (QED) is 0.574. The highest BCUT2D eigenvalue weighted by Gasteiger charge is 2.14. The van der Waals surface area contributed by atoms with Gasteiger partial charge in [-0.25, -0.2) is 9.78 Å². The highest BCUT2D eigenvalue weighted by molar-refractivity contribution is 7.14. The molecule has 0 spiro atoms. The molecule has 0 atom stereocenters. The van der Waals surface area contributed by atoms with E-state index >= 15 is 0 Å². The van der Waals surface area contributed by atoms with Crippen LogP contribution < -0.4 is 15.4 Å². The molecule has 0 saturated heterocycles. The van der Waals surface area contributed by atoms with Crippen LogP contribution in [0.15, 0.2) is 60.0 Å². The highest BCUT2D eigenvalue weighted by atomic mass is 32.1. The Morgan fingerprint density at radius 2 is 1.66 bits per heavy atom. The number of thiazole rings is 1. The molecule has 0 unspecified atom stereocenters. The molecule has 1 heterocycles. The number of nitrogens with zero attached hydrogens (tertiary/aromatic N) is 1. The van der Waals surface area contributed by atoms with Crippen LogP contribution in [0.2, 0.25) is 0 Å². The summed E-state index contributed by atoms with van der Waals surface area (Å²) in [6, 6.07) is 16.1. The van der Waals surface area contributed by atoms with Gasteiger partial charge in [0, 0.05) is 18.0 Å². The number of nitrogens with one attached hydrogen (secondary N) is 2. The molecule has 3 rings (SSSR count). The maximum atomic E-state index is 12.0. The summed E-state index contributed by atoms with van der Waals surface area (Å²) < 4.78 is 10.6. The van der Waals surface area contributed by atoms with Crippen molar-refractivity contribution in [1.82, 2.24) is 4.98 Å². The average Bonchev–Trinajstić information content (AvgIpc) is 3.16. The Labute approximate surface area is 170 Å². The van der Waals surface area contributed by atoms with Crippen LogP contribution in [0.4, 0.5) is 10.8 Å². The lowest BCUT2D eigenvalue weighted by Crippen LogP contribution is -2.21. The van der Waals surface area contributed by atoms with Gasteiger partial charge in [-0.3, -0.25) is 9.59 Å². The Hall–Kier alpha value is -3.72. The van der Waals surface area contributed by atoms with E-state index in [1.165, 1.54) is 12.3 Å². The maximum Gasteiger partial charge on any atom is 0.358 e. The van der Waals surface area contributed by atoms with Gasteiger partial charge in [-0.1, -0.05) is 18.2 Å². The van der Waals surface area contributed by atoms with Gasteiger partial charge in [-0.05, 0) is 36.4 Å². The van der Waals surface area contributed by atoms with Crippen molar-refractivity contribution in [3.8, 4) is 11.5 Å². The van der Waals surface area contributed by atoms with E-state index in [2.05, 4.69) is 15.6 Å². The van der Waals surface area contributed by atoms with Crippen molar-refractivity contribution in [2.75, 3.05) is 17.2 Å². The van der Waals surface area contributed by atoms with E-state index in [1.54, 1.807) is 24.3 Å². The zero-order valence-electron chi connectivity index (χ0n) is 15.4. The van der Waals surface area contributed by atoms with Crippen LogP contribution in [0.25, 0.3) is 0 Å². The molecule has 0 bridgehead atoms. The van der Waals surface area contributed by atoms with E-state index in [1.807, 2.05) is 30.3 Å². The van der Waals surface area contributed by atoms with Crippen LogP contribution in [0.1, 0.15) is 17.4 Å². The first kappa shape index (κ1) is 20.0. The van der Waals surface area contributed by atoms with Crippen LogP contribution in [-0.4, -0.2) is 29.4 Å². The first-order valence-corrected chi connectivity index (χ1v) is 9.40. The lowest BCUT2D eigenvalue weighted by molar-refractivity contribution is -0.119. The van der Waals surface area contributed by atoms with Crippen molar-refractivity contribution >= 4 is 39.9 Å².